The molecule has 96 valence electrons. The third-order valence-corrected chi connectivity index (χ3v) is 3.08. The molecule has 0 atom stereocenters. The molecule has 0 amide bonds. The molecule has 0 spiro atoms. The van der Waals surface area contributed by atoms with Crippen LogP contribution in [0.1, 0.15) is 17.0 Å². The predicted molar refractivity (Wildman–Crippen MR) is 73.0 cm³/mol. The Balaban J connectivity index is 2.65. The number of hydrogen-bond donors (Lipinski definition) is 2. The lowest BCUT2D eigenvalue weighted by Crippen LogP contribution is -1.98. The van der Waals surface area contributed by atoms with Crippen molar-refractivity contribution in [2.24, 2.45) is 5.73 Å². The molecule has 0 bridgehead atoms. The highest BCUT2D eigenvalue weighted by Crippen LogP contribution is 2.36. The number of hydrogen-bond acceptors (Lipinski definition) is 3. The second-order valence-corrected chi connectivity index (χ2v) is 4.59. The van der Waals surface area contributed by atoms with E-state index in [0.29, 0.717) is 23.2 Å². The maximum Gasteiger partial charge on any atom is 0.134 e. The molecule has 2 aromatic rings. The van der Waals surface area contributed by atoms with Crippen LogP contribution in [0, 0.1) is 13.8 Å². The van der Waals surface area contributed by atoms with Crippen molar-refractivity contribution < 1.29 is 4.74 Å². The third kappa shape index (κ3) is 2.21. The fraction of sp³-hybridized carbons (Fsp3) is 0.308. The van der Waals surface area contributed by atoms with Crippen LogP contribution in [0.3, 0.4) is 0 Å². The number of nitrogens with zero attached hydrogens (tertiary/aromatic N) is 1. The molecule has 5 heteroatoms. The average molecular weight is 266 g/mol. The van der Waals surface area contributed by atoms with Crippen molar-refractivity contribution in [3.63, 3.8) is 0 Å². The van der Waals surface area contributed by atoms with Crippen molar-refractivity contribution in [3.8, 4) is 17.0 Å². The van der Waals surface area contributed by atoms with E-state index in [-0.39, 0.29) is 0 Å². The van der Waals surface area contributed by atoms with Gasteiger partial charge in [-0.15, -0.1) is 0 Å². The number of H-pyrrole nitrogens is 1. The largest absolute Gasteiger partial charge is 0.496 e. The Morgan fingerprint density at radius 2 is 2.11 bits per heavy atom. The Kier molecular flexibility index (Phi) is 3.59. The molecule has 0 aliphatic heterocycles. The summed E-state index contributed by atoms with van der Waals surface area (Å²) in [5, 5.41) is 0.487. The third-order valence-electron chi connectivity index (χ3n) is 2.80. The topological polar surface area (TPSA) is 63.9 Å². The summed E-state index contributed by atoms with van der Waals surface area (Å²) < 4.78 is 5.42. The lowest BCUT2D eigenvalue weighted by molar-refractivity contribution is 0.415. The molecular formula is C13H16ClN3O. The molecule has 1 heterocycles. The summed E-state index contributed by atoms with van der Waals surface area (Å²) in [7, 11) is 1.64. The van der Waals surface area contributed by atoms with Gasteiger partial charge in [-0.2, -0.15) is 0 Å². The molecule has 0 saturated heterocycles. The fourth-order valence-corrected chi connectivity index (χ4v) is 2.30. The maximum absolute atomic E-state index is 6.17. The number of halogens is 1. The van der Waals surface area contributed by atoms with E-state index in [1.165, 1.54) is 0 Å². The highest BCUT2D eigenvalue weighted by molar-refractivity contribution is 6.32. The van der Waals surface area contributed by atoms with Gasteiger partial charge in [-0.25, -0.2) is 4.98 Å². The van der Waals surface area contributed by atoms with Gasteiger partial charge in [-0.1, -0.05) is 17.7 Å². The molecular weight excluding hydrogens is 250 g/mol. The molecule has 0 aliphatic carbocycles. The number of aryl methyl sites for hydroxylation is 2. The number of aromatic amines is 1. The summed E-state index contributed by atoms with van der Waals surface area (Å²) >= 11 is 6.17. The molecule has 3 N–H and O–H groups in total. The van der Waals surface area contributed by atoms with Crippen LogP contribution in [0.15, 0.2) is 12.1 Å². The van der Waals surface area contributed by atoms with E-state index in [1.54, 1.807) is 7.11 Å². The second-order valence-electron chi connectivity index (χ2n) is 4.21. The van der Waals surface area contributed by atoms with Gasteiger partial charge in [0.25, 0.3) is 0 Å². The van der Waals surface area contributed by atoms with Crippen LogP contribution in [0.5, 0.6) is 5.75 Å². The van der Waals surface area contributed by atoms with Crippen LogP contribution in [0.2, 0.25) is 5.15 Å². The minimum absolute atomic E-state index is 0.326. The lowest BCUT2D eigenvalue weighted by atomic mass is 10.0. The first-order valence-electron chi connectivity index (χ1n) is 5.67. The number of nitrogens with one attached hydrogen (secondary N) is 1. The lowest BCUT2D eigenvalue weighted by Gasteiger charge is -2.11. The number of methoxy groups -OCH3 is 1. The molecule has 0 saturated carbocycles. The standard InChI is InChI=1S/C13H16ClN3O/c1-7-4-8(2)11(9(5-7)18-3)12-13(14)17-10(6-15)16-12/h4-5H,6,15H2,1-3H3,(H,16,17). The quantitative estimate of drug-likeness (QED) is 0.897. The Bertz CT molecular complexity index is 578. The van der Waals surface area contributed by atoms with Gasteiger partial charge < -0.3 is 15.5 Å². The SMILES string of the molecule is COc1cc(C)cc(C)c1-c1nc(CN)[nH]c1Cl. The molecule has 4 nitrogen and oxygen atoms in total. The van der Waals surface area contributed by atoms with Gasteiger partial charge >= 0.3 is 0 Å². The first-order valence-corrected chi connectivity index (χ1v) is 6.04. The van der Waals surface area contributed by atoms with Crippen molar-refractivity contribution in [1.82, 2.24) is 9.97 Å². The summed E-state index contributed by atoms with van der Waals surface area (Å²) in [5.74, 6) is 1.43. The minimum Gasteiger partial charge on any atom is -0.496 e. The van der Waals surface area contributed by atoms with E-state index in [1.807, 2.05) is 19.9 Å². The van der Waals surface area contributed by atoms with Crippen LogP contribution in [0.4, 0.5) is 0 Å². The number of benzene rings is 1. The minimum atomic E-state index is 0.326. The smallest absolute Gasteiger partial charge is 0.134 e. The monoisotopic (exact) mass is 265 g/mol. The van der Waals surface area contributed by atoms with E-state index >= 15 is 0 Å². The van der Waals surface area contributed by atoms with Crippen LogP contribution in [0.25, 0.3) is 11.3 Å². The van der Waals surface area contributed by atoms with Gasteiger partial charge in [0.05, 0.1) is 13.7 Å². The summed E-state index contributed by atoms with van der Waals surface area (Å²) in [6.45, 7) is 4.36. The fourth-order valence-electron chi connectivity index (χ4n) is 2.05. The summed E-state index contributed by atoms with van der Waals surface area (Å²) in [6, 6.07) is 4.04. The summed E-state index contributed by atoms with van der Waals surface area (Å²) in [6.07, 6.45) is 0. The molecule has 1 aromatic heterocycles. The molecule has 0 fully saturated rings. The Morgan fingerprint density at radius 3 is 2.67 bits per heavy atom. The van der Waals surface area contributed by atoms with E-state index in [4.69, 9.17) is 22.1 Å². The van der Waals surface area contributed by atoms with E-state index in [0.717, 1.165) is 22.4 Å². The number of ether oxygens (including phenoxy) is 1. The average Bonchev–Trinajstić information content (AvgIpc) is 2.69. The number of nitrogens with two attached hydrogens (primary N) is 1. The van der Waals surface area contributed by atoms with E-state index in [2.05, 4.69) is 16.0 Å². The van der Waals surface area contributed by atoms with Crippen LogP contribution >= 0.6 is 11.6 Å². The van der Waals surface area contributed by atoms with E-state index < -0.39 is 0 Å². The highest BCUT2D eigenvalue weighted by atomic mass is 35.5. The van der Waals surface area contributed by atoms with Crippen molar-refractivity contribution in [3.05, 3.63) is 34.2 Å². The second kappa shape index (κ2) is 5.00. The van der Waals surface area contributed by atoms with Gasteiger partial charge in [-0.3, -0.25) is 0 Å². The van der Waals surface area contributed by atoms with Gasteiger partial charge in [-0.05, 0) is 31.0 Å². The van der Waals surface area contributed by atoms with Crippen LogP contribution in [-0.4, -0.2) is 17.1 Å². The molecule has 2 rings (SSSR count). The Hall–Kier alpha value is -1.52. The van der Waals surface area contributed by atoms with Crippen LogP contribution < -0.4 is 10.5 Å². The van der Waals surface area contributed by atoms with Gasteiger partial charge in [0.15, 0.2) is 0 Å². The molecule has 0 aliphatic rings. The number of rotatable bonds is 3. The van der Waals surface area contributed by atoms with E-state index in [9.17, 15) is 0 Å². The van der Waals surface area contributed by atoms with Crippen LogP contribution in [-0.2, 0) is 6.54 Å². The predicted octanol–water partition coefficient (Wildman–Crippen LogP) is 2.81. The van der Waals surface area contributed by atoms with Crippen molar-refractivity contribution in [2.75, 3.05) is 7.11 Å². The van der Waals surface area contributed by atoms with Gasteiger partial charge in [0, 0.05) is 5.56 Å². The Labute approximate surface area is 111 Å². The summed E-state index contributed by atoms with van der Waals surface area (Å²) in [4.78, 5) is 7.36. The normalized spacial score (nSPS) is 10.7. The first-order chi connectivity index (χ1) is 8.56. The zero-order chi connectivity index (χ0) is 13.3. The first kappa shape index (κ1) is 12.9. The van der Waals surface area contributed by atoms with Gasteiger partial charge in [0.1, 0.15) is 22.4 Å². The van der Waals surface area contributed by atoms with Crippen molar-refractivity contribution in [1.29, 1.82) is 0 Å². The zero-order valence-electron chi connectivity index (χ0n) is 10.7. The van der Waals surface area contributed by atoms with Gasteiger partial charge in [0.2, 0.25) is 0 Å². The number of aromatic nitrogens is 2. The summed E-state index contributed by atoms with van der Waals surface area (Å²) in [5.41, 5.74) is 9.36. The highest BCUT2D eigenvalue weighted by Gasteiger charge is 2.17. The Morgan fingerprint density at radius 1 is 1.39 bits per heavy atom. The molecule has 18 heavy (non-hydrogen) atoms. The number of imidazole rings is 1. The van der Waals surface area contributed by atoms with Crippen molar-refractivity contribution in [2.45, 2.75) is 20.4 Å². The zero-order valence-corrected chi connectivity index (χ0v) is 11.4. The molecule has 0 radical (unpaired) electrons. The van der Waals surface area contributed by atoms with Crippen molar-refractivity contribution >= 4 is 11.6 Å². The molecule has 1 aromatic carbocycles. The molecule has 0 unspecified atom stereocenters. The maximum atomic E-state index is 6.17.